The van der Waals surface area contributed by atoms with Crippen LogP contribution in [0.1, 0.15) is 18.1 Å². The molecule has 1 aliphatic rings. The smallest absolute Gasteiger partial charge is 0.246 e. The number of nitrogens with one attached hydrogen (secondary N) is 2. The predicted molar refractivity (Wildman–Crippen MR) is 84.9 cm³/mol. The molecule has 1 amide bonds. The number of nitrogens with two attached hydrogens (primary N) is 1. The van der Waals surface area contributed by atoms with Crippen LogP contribution < -0.4 is 16.5 Å². The van der Waals surface area contributed by atoms with E-state index in [-0.39, 0.29) is 12.0 Å². The lowest BCUT2D eigenvalue weighted by molar-refractivity contribution is -0.124. The highest BCUT2D eigenvalue weighted by Gasteiger charge is 2.25. The molecule has 0 saturated carbocycles. The summed E-state index contributed by atoms with van der Waals surface area (Å²) >= 11 is 3.43. The molecule has 1 unspecified atom stereocenters. The molecule has 1 heterocycles. The number of hydrogen-bond acceptors (Lipinski definition) is 4. The number of halogens is 1. The van der Waals surface area contributed by atoms with Crippen LogP contribution in [0, 0.1) is 0 Å². The first-order valence-electron chi connectivity index (χ1n) is 6.48. The van der Waals surface area contributed by atoms with Gasteiger partial charge in [0.25, 0.3) is 0 Å². The maximum Gasteiger partial charge on any atom is 0.246 e. The van der Waals surface area contributed by atoms with Crippen LogP contribution in [0.15, 0.2) is 46.9 Å². The summed E-state index contributed by atoms with van der Waals surface area (Å²) < 4.78 is 0.983. The van der Waals surface area contributed by atoms with E-state index in [1.807, 2.05) is 42.5 Å². The quantitative estimate of drug-likeness (QED) is 0.744. The fourth-order valence-corrected chi connectivity index (χ4v) is 2.58. The van der Waals surface area contributed by atoms with Crippen LogP contribution in [-0.4, -0.2) is 5.91 Å². The number of carbonyl (C=O) groups is 1. The van der Waals surface area contributed by atoms with Crippen LogP contribution in [0.2, 0.25) is 0 Å². The maximum atomic E-state index is 11.2. The van der Waals surface area contributed by atoms with Gasteiger partial charge in [-0.3, -0.25) is 9.63 Å². The number of nitrogen functional groups attached to an aromatic ring is 1. The lowest BCUT2D eigenvalue weighted by Crippen LogP contribution is -2.11. The van der Waals surface area contributed by atoms with Gasteiger partial charge < -0.3 is 11.1 Å². The Labute approximate surface area is 130 Å². The molecule has 0 aromatic heterocycles. The Hall–Kier alpha value is -2.05. The van der Waals surface area contributed by atoms with Crippen molar-refractivity contribution in [1.82, 2.24) is 5.48 Å². The van der Waals surface area contributed by atoms with Crippen molar-refractivity contribution < 1.29 is 9.63 Å². The summed E-state index contributed by atoms with van der Waals surface area (Å²) in [6, 6.07) is 13.4. The summed E-state index contributed by atoms with van der Waals surface area (Å²) in [6.07, 6.45) is 0.0430. The molecule has 2 aromatic rings. The first kappa shape index (κ1) is 13.9. The Kier molecular flexibility index (Phi) is 3.81. The molecule has 1 fully saturated rings. The van der Waals surface area contributed by atoms with Gasteiger partial charge in [0.1, 0.15) is 6.10 Å². The van der Waals surface area contributed by atoms with Crippen LogP contribution in [0.25, 0.3) is 0 Å². The molecule has 4 N–H and O–H groups in total. The van der Waals surface area contributed by atoms with Crippen molar-refractivity contribution in [1.29, 1.82) is 0 Å². The number of hydrogen-bond donors (Lipinski definition) is 3. The van der Waals surface area contributed by atoms with Crippen molar-refractivity contribution in [2.24, 2.45) is 0 Å². The third kappa shape index (κ3) is 3.17. The molecule has 0 spiro atoms. The van der Waals surface area contributed by atoms with E-state index in [1.165, 1.54) is 0 Å². The number of carbonyl (C=O) groups excluding carboxylic acids is 1. The molecule has 6 heteroatoms. The molecule has 1 aliphatic heterocycles. The molecule has 0 radical (unpaired) electrons. The van der Waals surface area contributed by atoms with E-state index in [0.717, 1.165) is 21.4 Å². The molecule has 3 rings (SSSR count). The Morgan fingerprint density at radius 1 is 1.29 bits per heavy atom. The molecule has 21 heavy (non-hydrogen) atoms. The molecule has 2 aromatic carbocycles. The first-order chi connectivity index (χ1) is 10.1. The second-order valence-corrected chi connectivity index (χ2v) is 5.73. The monoisotopic (exact) mass is 347 g/mol. The summed E-state index contributed by atoms with van der Waals surface area (Å²) in [4.78, 5) is 16.5. The average Bonchev–Trinajstić information content (AvgIpc) is 2.88. The summed E-state index contributed by atoms with van der Waals surface area (Å²) in [6.45, 7) is 0. The van der Waals surface area contributed by atoms with Gasteiger partial charge in [-0.05, 0) is 35.9 Å². The summed E-state index contributed by atoms with van der Waals surface area (Å²) in [5.74, 6) is -0.113. The normalized spacial score (nSPS) is 17.6. The number of benzene rings is 2. The largest absolute Gasteiger partial charge is 0.397 e. The minimum Gasteiger partial charge on any atom is -0.397 e. The molecule has 5 nitrogen and oxygen atoms in total. The zero-order valence-electron chi connectivity index (χ0n) is 11.1. The van der Waals surface area contributed by atoms with Gasteiger partial charge in [0.2, 0.25) is 5.91 Å². The number of anilines is 3. The third-order valence-corrected chi connectivity index (χ3v) is 3.73. The van der Waals surface area contributed by atoms with Crippen LogP contribution in [0.5, 0.6) is 0 Å². The molecule has 108 valence electrons. The fraction of sp³-hybridized carbons (Fsp3) is 0.133. The minimum atomic E-state index is -0.277. The predicted octanol–water partition coefficient (Wildman–Crippen LogP) is 3.27. The van der Waals surface area contributed by atoms with Gasteiger partial charge in [0, 0.05) is 10.2 Å². The van der Waals surface area contributed by atoms with Gasteiger partial charge in [-0.1, -0.05) is 28.1 Å². The lowest BCUT2D eigenvalue weighted by Gasteiger charge is -2.14. The minimum absolute atomic E-state index is 0.113. The number of amides is 1. The molecule has 1 saturated heterocycles. The van der Waals surface area contributed by atoms with Gasteiger partial charge in [-0.2, -0.15) is 0 Å². The fourth-order valence-electron chi connectivity index (χ4n) is 2.18. The Morgan fingerprint density at radius 2 is 2.14 bits per heavy atom. The van der Waals surface area contributed by atoms with E-state index >= 15 is 0 Å². The highest BCUT2D eigenvalue weighted by Crippen LogP contribution is 2.31. The Morgan fingerprint density at radius 3 is 2.86 bits per heavy atom. The van der Waals surface area contributed by atoms with Crippen molar-refractivity contribution in [2.45, 2.75) is 12.5 Å². The topological polar surface area (TPSA) is 76.4 Å². The van der Waals surface area contributed by atoms with Crippen molar-refractivity contribution >= 4 is 38.9 Å². The standard InChI is InChI=1S/C15H14BrN3O2/c16-10-2-1-3-11(7-10)18-13-6-9(4-5-12(13)17)14-8-15(20)19-21-14/h1-7,14,18H,8,17H2,(H,19,20). The lowest BCUT2D eigenvalue weighted by atomic mass is 10.1. The first-order valence-corrected chi connectivity index (χ1v) is 7.27. The van der Waals surface area contributed by atoms with Crippen LogP contribution in [0.4, 0.5) is 17.1 Å². The van der Waals surface area contributed by atoms with Crippen LogP contribution in [0.3, 0.4) is 0 Å². The summed E-state index contributed by atoms with van der Waals surface area (Å²) in [7, 11) is 0. The van der Waals surface area contributed by atoms with E-state index in [0.29, 0.717) is 12.1 Å². The maximum absolute atomic E-state index is 11.2. The van der Waals surface area contributed by atoms with Crippen molar-refractivity contribution in [3.63, 3.8) is 0 Å². The van der Waals surface area contributed by atoms with Gasteiger partial charge >= 0.3 is 0 Å². The summed E-state index contributed by atoms with van der Waals surface area (Å²) in [5.41, 5.74) is 11.6. The second-order valence-electron chi connectivity index (χ2n) is 4.82. The molecule has 0 bridgehead atoms. The van der Waals surface area contributed by atoms with E-state index in [2.05, 4.69) is 26.7 Å². The van der Waals surface area contributed by atoms with Gasteiger partial charge in [0.15, 0.2) is 0 Å². The zero-order chi connectivity index (χ0) is 14.8. The van der Waals surface area contributed by atoms with Crippen molar-refractivity contribution in [3.8, 4) is 0 Å². The molecular weight excluding hydrogens is 334 g/mol. The van der Waals surface area contributed by atoms with Crippen molar-refractivity contribution in [2.75, 3.05) is 11.1 Å². The number of hydroxylamine groups is 1. The average molecular weight is 348 g/mol. The highest BCUT2D eigenvalue weighted by atomic mass is 79.9. The second kappa shape index (κ2) is 5.75. The van der Waals surface area contributed by atoms with Gasteiger partial charge in [0.05, 0.1) is 17.8 Å². The van der Waals surface area contributed by atoms with Gasteiger partial charge in [-0.25, -0.2) is 5.48 Å². The Balaban J connectivity index is 1.86. The van der Waals surface area contributed by atoms with E-state index in [9.17, 15) is 4.79 Å². The molecule has 0 aliphatic carbocycles. The molecule has 1 atom stereocenters. The van der Waals surface area contributed by atoms with Crippen molar-refractivity contribution in [3.05, 3.63) is 52.5 Å². The SMILES string of the molecule is Nc1ccc(C2CC(=O)NO2)cc1Nc1cccc(Br)c1. The van der Waals surface area contributed by atoms with Crippen LogP contribution >= 0.6 is 15.9 Å². The van der Waals surface area contributed by atoms with E-state index < -0.39 is 0 Å². The zero-order valence-corrected chi connectivity index (χ0v) is 12.7. The summed E-state index contributed by atoms with van der Waals surface area (Å²) in [5, 5.41) is 3.27. The Bertz CT molecular complexity index is 690. The third-order valence-electron chi connectivity index (χ3n) is 3.24. The van der Waals surface area contributed by atoms with Gasteiger partial charge in [-0.15, -0.1) is 0 Å². The van der Waals surface area contributed by atoms with E-state index in [4.69, 9.17) is 10.6 Å². The number of rotatable bonds is 3. The van der Waals surface area contributed by atoms with E-state index in [1.54, 1.807) is 0 Å². The van der Waals surface area contributed by atoms with Crippen LogP contribution in [-0.2, 0) is 9.63 Å². The highest BCUT2D eigenvalue weighted by molar-refractivity contribution is 9.10. The molecular formula is C15H14BrN3O2.